The van der Waals surface area contributed by atoms with Gasteiger partial charge in [-0.15, -0.1) is 0 Å². The summed E-state index contributed by atoms with van der Waals surface area (Å²) in [6, 6.07) is 10.0. The number of rotatable bonds is 6. The number of nitro groups is 1. The Morgan fingerprint density at radius 2 is 1.76 bits per heavy atom. The minimum absolute atomic E-state index is 0.00399. The fraction of sp³-hybridized carbons (Fsp3) is 0.200. The highest BCUT2D eigenvalue weighted by atomic mass is 35.5. The van der Waals surface area contributed by atoms with Crippen LogP contribution in [0.3, 0.4) is 0 Å². The molecule has 3 aromatic rings. The molecule has 0 unspecified atom stereocenters. The van der Waals surface area contributed by atoms with E-state index in [-0.39, 0.29) is 28.5 Å². The molecule has 13 heteroatoms. The number of nitrogens with one attached hydrogen (secondary N) is 3. The van der Waals surface area contributed by atoms with Crippen LogP contribution in [0, 0.1) is 17.0 Å². The highest BCUT2D eigenvalue weighted by Gasteiger charge is 2.28. The third-order valence-corrected chi connectivity index (χ3v) is 6.37. The second-order valence-corrected chi connectivity index (χ2v) is 9.28. The van der Waals surface area contributed by atoms with Crippen LogP contribution in [-0.2, 0) is 17.6 Å². The maximum absolute atomic E-state index is 12.8. The van der Waals surface area contributed by atoms with Gasteiger partial charge in [-0.25, -0.2) is 5.43 Å². The Labute approximate surface area is 226 Å². The number of fused-ring (bicyclic) bond motifs is 1. The van der Waals surface area contributed by atoms with Crippen molar-refractivity contribution in [3.8, 4) is 0 Å². The molecule has 0 fully saturated rings. The maximum atomic E-state index is 12.8. The number of hydrazone groups is 1. The molecule has 1 aliphatic rings. The van der Waals surface area contributed by atoms with Crippen LogP contribution in [0.4, 0.5) is 5.69 Å². The first-order valence-electron chi connectivity index (χ1n) is 11.4. The number of aryl methyl sites for hydroxylation is 1. The molecule has 0 aliphatic heterocycles. The van der Waals surface area contributed by atoms with Crippen molar-refractivity contribution in [1.82, 2.24) is 16.3 Å². The third kappa shape index (κ3) is 6.01. The lowest BCUT2D eigenvalue weighted by atomic mass is 9.93. The van der Waals surface area contributed by atoms with Crippen LogP contribution in [0.2, 0.25) is 10.0 Å². The summed E-state index contributed by atoms with van der Waals surface area (Å²) in [5.74, 6) is -1.15. The first-order chi connectivity index (χ1) is 18.1. The molecular weight excluding hydrogens is 537 g/mol. The predicted molar refractivity (Wildman–Crippen MR) is 139 cm³/mol. The second kappa shape index (κ2) is 11.4. The summed E-state index contributed by atoms with van der Waals surface area (Å²) in [6.07, 6.45) is 1.81. The maximum Gasteiger partial charge on any atom is 0.305 e. The molecule has 11 nitrogen and oxygen atoms in total. The van der Waals surface area contributed by atoms with Gasteiger partial charge in [-0.1, -0.05) is 35.3 Å². The second-order valence-electron chi connectivity index (χ2n) is 8.43. The molecule has 3 amide bonds. The van der Waals surface area contributed by atoms with Crippen LogP contribution < -0.4 is 16.3 Å². The number of hydrazine groups is 1. The summed E-state index contributed by atoms with van der Waals surface area (Å²) in [5, 5.41) is 15.5. The van der Waals surface area contributed by atoms with Gasteiger partial charge in [0.05, 0.1) is 27.6 Å². The van der Waals surface area contributed by atoms with Crippen LogP contribution in [0.1, 0.15) is 56.2 Å². The zero-order valence-electron chi connectivity index (χ0n) is 20.0. The fourth-order valence-electron chi connectivity index (χ4n) is 4.00. The Morgan fingerprint density at radius 3 is 2.45 bits per heavy atom. The number of nitrogens with zero attached hydrogens (tertiary/aromatic N) is 2. The van der Waals surface area contributed by atoms with Crippen LogP contribution in [0.5, 0.6) is 0 Å². The molecule has 0 saturated carbocycles. The molecule has 38 heavy (non-hydrogen) atoms. The Bertz CT molecular complexity index is 1470. The average Bonchev–Trinajstić information content (AvgIpc) is 3.23. The molecule has 4 rings (SSSR count). The van der Waals surface area contributed by atoms with Crippen molar-refractivity contribution in [1.29, 1.82) is 0 Å². The van der Waals surface area contributed by atoms with Crippen molar-refractivity contribution in [2.75, 3.05) is 0 Å². The Hall–Kier alpha value is -4.22. The standard InChI is InChI=1S/C25H21Cl2N5O6/c1-13-22-19(28-29-21(33)11-14-5-8-16(9-6-14)32(36)37)3-2-4-20(22)38-23(13)25(35)31-30-24(34)17-10-7-15(26)12-18(17)27/h5-10,12H,2-4,11H2,1H3,(H,29,33)(H,30,34)(H,31,35)/b28-19+. The summed E-state index contributed by atoms with van der Waals surface area (Å²) in [5.41, 5.74) is 9.48. The van der Waals surface area contributed by atoms with Crippen molar-refractivity contribution < 1.29 is 23.7 Å². The van der Waals surface area contributed by atoms with Crippen molar-refractivity contribution in [3.05, 3.63) is 96.4 Å². The number of carbonyl (C=O) groups is 3. The van der Waals surface area contributed by atoms with E-state index in [0.717, 1.165) is 0 Å². The quantitative estimate of drug-likeness (QED) is 0.303. The number of non-ortho nitro benzene ring substituents is 1. The van der Waals surface area contributed by atoms with Crippen LogP contribution >= 0.6 is 23.2 Å². The lowest BCUT2D eigenvalue weighted by Crippen LogP contribution is -2.41. The Morgan fingerprint density at radius 1 is 1.05 bits per heavy atom. The number of furan rings is 1. The van der Waals surface area contributed by atoms with Gasteiger partial charge < -0.3 is 4.42 Å². The highest BCUT2D eigenvalue weighted by molar-refractivity contribution is 6.36. The summed E-state index contributed by atoms with van der Waals surface area (Å²) in [4.78, 5) is 47.8. The third-order valence-electron chi connectivity index (χ3n) is 5.82. The van der Waals surface area contributed by atoms with E-state index in [0.29, 0.717) is 52.4 Å². The fourth-order valence-corrected chi connectivity index (χ4v) is 4.49. The van der Waals surface area contributed by atoms with Gasteiger partial charge in [-0.05, 0) is 43.5 Å². The van der Waals surface area contributed by atoms with Gasteiger partial charge in [0, 0.05) is 34.7 Å². The van der Waals surface area contributed by atoms with Gasteiger partial charge in [0.25, 0.3) is 11.6 Å². The first-order valence-corrected chi connectivity index (χ1v) is 12.2. The number of halogens is 2. The van der Waals surface area contributed by atoms with E-state index in [9.17, 15) is 24.5 Å². The van der Waals surface area contributed by atoms with Gasteiger partial charge >= 0.3 is 5.91 Å². The lowest BCUT2D eigenvalue weighted by Gasteiger charge is -2.13. The van der Waals surface area contributed by atoms with Crippen LogP contribution in [0.25, 0.3) is 0 Å². The average molecular weight is 558 g/mol. The number of nitro benzene ring substituents is 1. The molecule has 1 aromatic heterocycles. The summed E-state index contributed by atoms with van der Waals surface area (Å²) < 4.78 is 5.78. The molecule has 1 heterocycles. The van der Waals surface area contributed by atoms with E-state index in [2.05, 4.69) is 21.4 Å². The normalized spacial score (nSPS) is 13.5. The number of amides is 3. The predicted octanol–water partition coefficient (Wildman–Crippen LogP) is 4.28. The topological polar surface area (TPSA) is 156 Å². The molecule has 0 radical (unpaired) electrons. The van der Waals surface area contributed by atoms with Gasteiger partial charge in [0.1, 0.15) is 5.76 Å². The molecule has 1 aliphatic carbocycles. The van der Waals surface area contributed by atoms with E-state index in [1.165, 1.54) is 42.5 Å². The Balaban J connectivity index is 1.42. The smallest absolute Gasteiger partial charge is 0.305 e. The van der Waals surface area contributed by atoms with Crippen LogP contribution in [-0.4, -0.2) is 28.4 Å². The van der Waals surface area contributed by atoms with Crippen molar-refractivity contribution >= 4 is 52.3 Å². The summed E-state index contributed by atoms with van der Waals surface area (Å²) in [7, 11) is 0. The summed E-state index contributed by atoms with van der Waals surface area (Å²) >= 11 is 11.9. The minimum atomic E-state index is -0.670. The molecule has 196 valence electrons. The zero-order valence-corrected chi connectivity index (χ0v) is 21.5. The van der Waals surface area contributed by atoms with Crippen molar-refractivity contribution in [2.45, 2.75) is 32.6 Å². The molecular formula is C25H21Cl2N5O6. The van der Waals surface area contributed by atoms with Crippen LogP contribution in [0.15, 0.2) is 52.0 Å². The number of carbonyl (C=O) groups excluding carboxylic acids is 3. The summed E-state index contributed by atoms with van der Waals surface area (Å²) in [6.45, 7) is 1.69. The van der Waals surface area contributed by atoms with Gasteiger partial charge in [0.15, 0.2) is 5.76 Å². The minimum Gasteiger partial charge on any atom is -0.455 e. The van der Waals surface area contributed by atoms with Crippen molar-refractivity contribution in [2.24, 2.45) is 5.10 Å². The number of hydrogen-bond acceptors (Lipinski definition) is 7. The highest BCUT2D eigenvalue weighted by Crippen LogP contribution is 2.30. The van der Waals surface area contributed by atoms with E-state index in [4.69, 9.17) is 27.6 Å². The van der Waals surface area contributed by atoms with E-state index >= 15 is 0 Å². The van der Waals surface area contributed by atoms with Gasteiger partial charge in [-0.3, -0.25) is 35.3 Å². The number of hydrogen-bond donors (Lipinski definition) is 3. The number of benzene rings is 2. The van der Waals surface area contributed by atoms with E-state index in [1.54, 1.807) is 6.92 Å². The van der Waals surface area contributed by atoms with Gasteiger partial charge in [0.2, 0.25) is 5.91 Å². The van der Waals surface area contributed by atoms with E-state index in [1.807, 2.05) is 0 Å². The largest absolute Gasteiger partial charge is 0.455 e. The van der Waals surface area contributed by atoms with Gasteiger partial charge in [-0.2, -0.15) is 5.10 Å². The molecule has 0 saturated heterocycles. The lowest BCUT2D eigenvalue weighted by molar-refractivity contribution is -0.384. The molecule has 0 atom stereocenters. The monoisotopic (exact) mass is 557 g/mol. The Kier molecular flexibility index (Phi) is 8.08. The molecule has 2 aromatic carbocycles. The molecule has 3 N–H and O–H groups in total. The first kappa shape index (κ1) is 26.8. The van der Waals surface area contributed by atoms with Crippen molar-refractivity contribution in [3.63, 3.8) is 0 Å². The zero-order chi connectivity index (χ0) is 27.4. The molecule has 0 spiro atoms. The SMILES string of the molecule is Cc1c(C(=O)NNC(=O)c2ccc(Cl)cc2Cl)oc2c1/C(=N/NC(=O)Cc1ccc([N+](=O)[O-])cc1)CCC2. The van der Waals surface area contributed by atoms with E-state index < -0.39 is 22.6 Å². The molecule has 0 bridgehead atoms.